The van der Waals surface area contributed by atoms with Gasteiger partial charge in [-0.25, -0.2) is 0 Å². The van der Waals surface area contributed by atoms with Crippen LogP contribution in [0.3, 0.4) is 0 Å². The van der Waals surface area contributed by atoms with Crippen LogP contribution in [0.1, 0.15) is 29.4 Å². The maximum absolute atomic E-state index is 5.42. The van der Waals surface area contributed by atoms with Gasteiger partial charge in [-0.15, -0.1) is 0 Å². The molecule has 0 aliphatic rings. The van der Waals surface area contributed by atoms with Gasteiger partial charge < -0.3 is 10.1 Å². The first-order chi connectivity index (χ1) is 10.2. The minimum Gasteiger partial charge on any atom is -0.496 e. The van der Waals surface area contributed by atoms with Crippen molar-refractivity contribution in [3.63, 3.8) is 0 Å². The number of nitrogens with one attached hydrogen (secondary N) is 1. The standard InChI is InChI=1S/C17H25N3O/c1-5-18-11-10-16-13(2)19-20(14(16)3)12-15-8-6-7-9-17(15)21-4/h6-9,18H,5,10-12H2,1-4H3. The van der Waals surface area contributed by atoms with Crippen LogP contribution in [0.5, 0.6) is 5.75 Å². The van der Waals surface area contributed by atoms with E-state index in [1.807, 2.05) is 18.2 Å². The fourth-order valence-corrected chi connectivity index (χ4v) is 2.63. The number of likely N-dealkylation sites (N-methyl/N-ethyl adjacent to an activating group) is 1. The Balaban J connectivity index is 2.19. The fourth-order valence-electron chi connectivity index (χ4n) is 2.63. The van der Waals surface area contributed by atoms with Crippen molar-refractivity contribution in [2.75, 3.05) is 20.2 Å². The molecule has 0 unspecified atom stereocenters. The monoisotopic (exact) mass is 287 g/mol. The summed E-state index contributed by atoms with van der Waals surface area (Å²) in [6.07, 6.45) is 1.03. The summed E-state index contributed by atoms with van der Waals surface area (Å²) in [4.78, 5) is 0. The number of ether oxygens (including phenoxy) is 1. The first-order valence-corrected chi connectivity index (χ1v) is 7.52. The maximum atomic E-state index is 5.42. The second-order valence-corrected chi connectivity index (χ2v) is 5.22. The summed E-state index contributed by atoms with van der Waals surface area (Å²) in [5.74, 6) is 0.916. The Hall–Kier alpha value is -1.81. The molecule has 0 amide bonds. The van der Waals surface area contributed by atoms with E-state index in [1.54, 1.807) is 7.11 Å². The lowest BCUT2D eigenvalue weighted by Gasteiger charge is -2.10. The van der Waals surface area contributed by atoms with Crippen LogP contribution in [0.4, 0.5) is 0 Å². The molecule has 0 aliphatic carbocycles. The molecule has 0 saturated heterocycles. The van der Waals surface area contributed by atoms with E-state index in [1.165, 1.54) is 11.3 Å². The number of aromatic nitrogens is 2. The van der Waals surface area contributed by atoms with Gasteiger partial charge in [0.25, 0.3) is 0 Å². The number of nitrogens with zero attached hydrogens (tertiary/aromatic N) is 2. The predicted molar refractivity (Wildman–Crippen MR) is 86.0 cm³/mol. The van der Waals surface area contributed by atoms with E-state index in [9.17, 15) is 0 Å². The second-order valence-electron chi connectivity index (χ2n) is 5.22. The van der Waals surface area contributed by atoms with Crippen LogP contribution < -0.4 is 10.1 Å². The first kappa shape index (κ1) is 15.6. The predicted octanol–water partition coefficient (Wildman–Crippen LogP) is 2.71. The molecule has 4 heteroatoms. The van der Waals surface area contributed by atoms with Crippen molar-refractivity contribution in [2.24, 2.45) is 0 Å². The number of aryl methyl sites for hydroxylation is 1. The van der Waals surface area contributed by atoms with Gasteiger partial charge in [0.1, 0.15) is 5.75 Å². The number of para-hydroxylation sites is 1. The quantitative estimate of drug-likeness (QED) is 0.796. The number of benzene rings is 1. The third-order valence-electron chi connectivity index (χ3n) is 3.85. The minimum atomic E-state index is 0.748. The molecular weight excluding hydrogens is 262 g/mol. The minimum absolute atomic E-state index is 0.748. The lowest BCUT2D eigenvalue weighted by atomic mass is 10.1. The van der Waals surface area contributed by atoms with Gasteiger partial charge in [-0.3, -0.25) is 4.68 Å². The molecule has 114 valence electrons. The van der Waals surface area contributed by atoms with Crippen LogP contribution in [-0.4, -0.2) is 30.0 Å². The molecule has 2 aromatic rings. The zero-order valence-corrected chi connectivity index (χ0v) is 13.4. The van der Waals surface area contributed by atoms with Crippen molar-refractivity contribution >= 4 is 0 Å². The van der Waals surface area contributed by atoms with E-state index in [-0.39, 0.29) is 0 Å². The summed E-state index contributed by atoms with van der Waals surface area (Å²) >= 11 is 0. The molecule has 4 nitrogen and oxygen atoms in total. The van der Waals surface area contributed by atoms with Crippen molar-refractivity contribution in [3.05, 3.63) is 46.8 Å². The zero-order valence-electron chi connectivity index (χ0n) is 13.4. The Morgan fingerprint density at radius 2 is 2.00 bits per heavy atom. The highest BCUT2D eigenvalue weighted by Gasteiger charge is 2.12. The van der Waals surface area contributed by atoms with Crippen molar-refractivity contribution in [1.82, 2.24) is 15.1 Å². The van der Waals surface area contributed by atoms with Gasteiger partial charge in [-0.05, 0) is 45.0 Å². The van der Waals surface area contributed by atoms with Crippen molar-refractivity contribution in [3.8, 4) is 5.75 Å². The first-order valence-electron chi connectivity index (χ1n) is 7.52. The molecule has 0 aliphatic heterocycles. The zero-order chi connectivity index (χ0) is 15.2. The summed E-state index contributed by atoms with van der Waals surface area (Å²) in [6.45, 7) is 9.12. The Kier molecular flexibility index (Phi) is 5.39. The molecule has 0 bridgehead atoms. The van der Waals surface area contributed by atoms with Gasteiger partial charge in [0.05, 0.1) is 19.3 Å². The third-order valence-corrected chi connectivity index (χ3v) is 3.85. The molecule has 0 atom stereocenters. The molecule has 1 aromatic heterocycles. The van der Waals surface area contributed by atoms with E-state index in [4.69, 9.17) is 9.84 Å². The van der Waals surface area contributed by atoms with Gasteiger partial charge >= 0.3 is 0 Å². The highest BCUT2D eigenvalue weighted by Crippen LogP contribution is 2.21. The average molecular weight is 287 g/mol. The molecular formula is C17H25N3O. The summed E-state index contributed by atoms with van der Waals surface area (Å²) in [5.41, 5.74) is 4.88. The van der Waals surface area contributed by atoms with Crippen molar-refractivity contribution < 1.29 is 4.74 Å². The van der Waals surface area contributed by atoms with E-state index in [0.717, 1.165) is 43.1 Å². The highest BCUT2D eigenvalue weighted by atomic mass is 16.5. The Morgan fingerprint density at radius 1 is 1.24 bits per heavy atom. The lowest BCUT2D eigenvalue weighted by molar-refractivity contribution is 0.407. The average Bonchev–Trinajstić information content (AvgIpc) is 2.75. The molecule has 0 fully saturated rings. The third kappa shape index (κ3) is 3.64. The van der Waals surface area contributed by atoms with Gasteiger partial charge in [-0.2, -0.15) is 5.10 Å². The summed E-state index contributed by atoms with van der Waals surface area (Å²) < 4.78 is 7.50. The van der Waals surface area contributed by atoms with E-state index in [2.05, 4.69) is 36.8 Å². The molecule has 0 spiro atoms. The lowest BCUT2D eigenvalue weighted by Crippen LogP contribution is -2.16. The fraction of sp³-hybridized carbons (Fsp3) is 0.471. The van der Waals surface area contributed by atoms with Crippen LogP contribution in [0.15, 0.2) is 24.3 Å². The SMILES string of the molecule is CCNCCc1c(C)nn(Cc2ccccc2OC)c1C. The van der Waals surface area contributed by atoms with Crippen LogP contribution >= 0.6 is 0 Å². The van der Waals surface area contributed by atoms with Gasteiger partial charge in [0.15, 0.2) is 0 Å². The molecule has 21 heavy (non-hydrogen) atoms. The van der Waals surface area contributed by atoms with Crippen LogP contribution in [-0.2, 0) is 13.0 Å². The summed E-state index contributed by atoms with van der Waals surface area (Å²) in [5, 5.41) is 8.06. The topological polar surface area (TPSA) is 39.1 Å². The Labute approximate surface area is 127 Å². The van der Waals surface area contributed by atoms with E-state index in [0.29, 0.717) is 0 Å². The number of rotatable bonds is 7. The molecule has 0 radical (unpaired) electrons. The molecule has 1 N–H and O–H groups in total. The highest BCUT2D eigenvalue weighted by molar-refractivity contribution is 5.34. The van der Waals surface area contributed by atoms with Crippen molar-refractivity contribution in [2.45, 2.75) is 33.7 Å². The van der Waals surface area contributed by atoms with Crippen molar-refractivity contribution in [1.29, 1.82) is 0 Å². The van der Waals surface area contributed by atoms with Gasteiger partial charge in [0, 0.05) is 11.3 Å². The number of hydrogen-bond acceptors (Lipinski definition) is 3. The maximum Gasteiger partial charge on any atom is 0.123 e. The Bertz CT molecular complexity index is 590. The summed E-state index contributed by atoms with van der Waals surface area (Å²) in [6, 6.07) is 8.11. The van der Waals surface area contributed by atoms with Crippen LogP contribution in [0, 0.1) is 13.8 Å². The molecule has 0 saturated carbocycles. The Morgan fingerprint density at radius 3 is 2.71 bits per heavy atom. The van der Waals surface area contributed by atoms with Crippen LogP contribution in [0.2, 0.25) is 0 Å². The number of methoxy groups -OCH3 is 1. The summed E-state index contributed by atoms with van der Waals surface area (Å²) in [7, 11) is 1.71. The second kappa shape index (κ2) is 7.27. The molecule has 2 rings (SSSR count). The van der Waals surface area contributed by atoms with Gasteiger partial charge in [0.2, 0.25) is 0 Å². The van der Waals surface area contributed by atoms with E-state index >= 15 is 0 Å². The van der Waals surface area contributed by atoms with Crippen LogP contribution in [0.25, 0.3) is 0 Å². The normalized spacial score (nSPS) is 10.9. The smallest absolute Gasteiger partial charge is 0.123 e. The number of hydrogen-bond donors (Lipinski definition) is 1. The van der Waals surface area contributed by atoms with E-state index < -0.39 is 0 Å². The van der Waals surface area contributed by atoms with Gasteiger partial charge in [-0.1, -0.05) is 25.1 Å². The molecule has 1 aromatic carbocycles. The molecule has 1 heterocycles. The largest absolute Gasteiger partial charge is 0.496 e.